The van der Waals surface area contributed by atoms with Crippen molar-refractivity contribution in [1.82, 2.24) is 9.55 Å². The van der Waals surface area contributed by atoms with Crippen molar-refractivity contribution in [3.63, 3.8) is 0 Å². The summed E-state index contributed by atoms with van der Waals surface area (Å²) in [6, 6.07) is 4.69. The van der Waals surface area contributed by atoms with Gasteiger partial charge in [-0.05, 0) is 12.1 Å². The molecule has 0 saturated carbocycles. The molecule has 0 aliphatic carbocycles. The van der Waals surface area contributed by atoms with Crippen molar-refractivity contribution in [3.05, 3.63) is 30.7 Å². The van der Waals surface area contributed by atoms with Crippen LogP contribution in [0.2, 0.25) is 0 Å². The van der Waals surface area contributed by atoms with Crippen LogP contribution in [0.25, 0.3) is 0 Å². The quantitative estimate of drug-likeness (QED) is 0.808. The maximum Gasteiger partial charge on any atom is 0.281 e. The van der Waals surface area contributed by atoms with Crippen molar-refractivity contribution in [2.24, 2.45) is 7.05 Å². The summed E-state index contributed by atoms with van der Waals surface area (Å²) in [6.45, 7) is 0. The molecule has 0 aliphatic heterocycles. The highest BCUT2D eigenvalue weighted by atomic mass is 32.2. The van der Waals surface area contributed by atoms with E-state index >= 15 is 0 Å². The summed E-state index contributed by atoms with van der Waals surface area (Å²) in [7, 11) is -0.543. The lowest BCUT2D eigenvalue weighted by molar-refractivity contribution is 0.415. The standard InChI is InChI=1S/C11H14N4O3S/c1-15-6-11(13-7-15)19(16,17)14-10-4-3-8(18-2)5-9(10)12/h3-7,14H,12H2,1-2H3. The van der Waals surface area contributed by atoms with Gasteiger partial charge in [0, 0.05) is 19.3 Å². The van der Waals surface area contributed by atoms with E-state index in [0.29, 0.717) is 5.75 Å². The van der Waals surface area contributed by atoms with Crippen molar-refractivity contribution in [2.75, 3.05) is 17.6 Å². The summed E-state index contributed by atoms with van der Waals surface area (Å²) in [5.74, 6) is 0.554. The minimum atomic E-state index is -3.74. The number of rotatable bonds is 4. The Hall–Kier alpha value is -2.22. The molecular weight excluding hydrogens is 268 g/mol. The van der Waals surface area contributed by atoms with Gasteiger partial charge in [-0.1, -0.05) is 0 Å². The highest BCUT2D eigenvalue weighted by Gasteiger charge is 2.18. The fourth-order valence-electron chi connectivity index (χ4n) is 1.49. The topological polar surface area (TPSA) is 99.2 Å². The van der Waals surface area contributed by atoms with Crippen LogP contribution in [-0.4, -0.2) is 25.1 Å². The molecule has 0 amide bonds. The Morgan fingerprint density at radius 3 is 2.68 bits per heavy atom. The number of nitrogens with zero attached hydrogens (tertiary/aromatic N) is 2. The van der Waals surface area contributed by atoms with E-state index in [9.17, 15) is 8.42 Å². The number of aryl methyl sites for hydroxylation is 1. The fourth-order valence-corrected chi connectivity index (χ4v) is 2.56. The van der Waals surface area contributed by atoms with Gasteiger partial charge in [-0.25, -0.2) is 4.98 Å². The molecule has 3 N–H and O–H groups in total. The fraction of sp³-hybridized carbons (Fsp3) is 0.182. The highest BCUT2D eigenvalue weighted by molar-refractivity contribution is 7.92. The number of anilines is 2. The van der Waals surface area contributed by atoms with Gasteiger partial charge in [0.05, 0.1) is 24.8 Å². The van der Waals surface area contributed by atoms with Crippen LogP contribution in [0.1, 0.15) is 0 Å². The molecular formula is C11H14N4O3S. The predicted molar refractivity (Wildman–Crippen MR) is 71.4 cm³/mol. The van der Waals surface area contributed by atoms with Crippen LogP contribution in [0.3, 0.4) is 0 Å². The highest BCUT2D eigenvalue weighted by Crippen LogP contribution is 2.26. The summed E-state index contributed by atoms with van der Waals surface area (Å²) in [5.41, 5.74) is 6.32. The van der Waals surface area contributed by atoms with Crippen molar-refractivity contribution in [2.45, 2.75) is 5.03 Å². The Kier molecular flexibility index (Phi) is 3.34. The zero-order valence-electron chi connectivity index (χ0n) is 10.5. The molecule has 2 aromatic rings. The Morgan fingerprint density at radius 2 is 2.16 bits per heavy atom. The Bertz CT molecular complexity index is 694. The molecule has 0 spiro atoms. The summed E-state index contributed by atoms with van der Waals surface area (Å²) in [4.78, 5) is 3.79. The first-order chi connectivity index (χ1) is 8.92. The van der Waals surface area contributed by atoms with Gasteiger partial charge in [0.15, 0.2) is 5.03 Å². The van der Waals surface area contributed by atoms with Gasteiger partial charge < -0.3 is 15.0 Å². The number of nitrogens with two attached hydrogens (primary N) is 1. The largest absolute Gasteiger partial charge is 0.497 e. The number of nitrogens with one attached hydrogen (secondary N) is 1. The molecule has 0 radical (unpaired) electrons. The summed E-state index contributed by atoms with van der Waals surface area (Å²) in [6.07, 6.45) is 2.81. The van der Waals surface area contributed by atoms with Gasteiger partial charge in [-0.15, -0.1) is 0 Å². The van der Waals surface area contributed by atoms with Gasteiger partial charge in [0.1, 0.15) is 5.75 Å². The summed E-state index contributed by atoms with van der Waals surface area (Å²) in [5, 5.41) is -0.0646. The number of ether oxygens (including phenoxy) is 1. The number of hydrogen-bond acceptors (Lipinski definition) is 5. The van der Waals surface area contributed by atoms with Crippen LogP contribution in [-0.2, 0) is 17.1 Å². The third-order valence-corrected chi connectivity index (χ3v) is 3.71. The lowest BCUT2D eigenvalue weighted by Gasteiger charge is -2.09. The average molecular weight is 282 g/mol. The van der Waals surface area contributed by atoms with E-state index in [1.54, 1.807) is 17.7 Å². The Labute approximate surface area is 111 Å². The second kappa shape index (κ2) is 4.81. The average Bonchev–Trinajstić information content (AvgIpc) is 2.79. The maximum atomic E-state index is 12.0. The third kappa shape index (κ3) is 2.79. The number of benzene rings is 1. The van der Waals surface area contributed by atoms with Crippen LogP contribution in [0.15, 0.2) is 35.7 Å². The zero-order valence-corrected chi connectivity index (χ0v) is 11.3. The van der Waals surface area contributed by atoms with E-state index in [2.05, 4.69) is 9.71 Å². The molecule has 1 aromatic carbocycles. The normalized spacial score (nSPS) is 11.3. The van der Waals surface area contributed by atoms with E-state index in [1.165, 1.54) is 31.8 Å². The first kappa shape index (κ1) is 13.2. The van der Waals surface area contributed by atoms with E-state index in [-0.39, 0.29) is 16.4 Å². The minimum absolute atomic E-state index is 0.0646. The number of hydrogen-bond donors (Lipinski definition) is 2. The molecule has 0 atom stereocenters. The van der Waals surface area contributed by atoms with Crippen LogP contribution >= 0.6 is 0 Å². The SMILES string of the molecule is COc1ccc(NS(=O)(=O)c2cn(C)cn2)c(N)c1. The third-order valence-electron chi connectivity index (χ3n) is 2.46. The van der Waals surface area contributed by atoms with Gasteiger partial charge in [-0.3, -0.25) is 4.72 Å². The minimum Gasteiger partial charge on any atom is -0.497 e. The molecule has 0 unspecified atom stereocenters. The van der Waals surface area contributed by atoms with Crippen LogP contribution in [0, 0.1) is 0 Å². The molecule has 0 fully saturated rings. The lowest BCUT2D eigenvalue weighted by atomic mass is 10.2. The molecule has 0 saturated heterocycles. The van der Waals surface area contributed by atoms with Crippen molar-refractivity contribution >= 4 is 21.4 Å². The monoisotopic (exact) mass is 282 g/mol. The van der Waals surface area contributed by atoms with Crippen LogP contribution in [0.4, 0.5) is 11.4 Å². The first-order valence-electron chi connectivity index (χ1n) is 5.36. The molecule has 1 heterocycles. The smallest absolute Gasteiger partial charge is 0.281 e. The molecule has 8 heteroatoms. The molecule has 0 aliphatic rings. The van der Waals surface area contributed by atoms with Crippen LogP contribution in [0.5, 0.6) is 5.75 Å². The van der Waals surface area contributed by atoms with Gasteiger partial charge in [0.25, 0.3) is 10.0 Å². The van der Waals surface area contributed by atoms with Gasteiger partial charge in [-0.2, -0.15) is 8.42 Å². The summed E-state index contributed by atoms with van der Waals surface area (Å²) < 4.78 is 33.0. The molecule has 0 bridgehead atoms. The second-order valence-electron chi connectivity index (χ2n) is 3.94. The molecule has 102 valence electrons. The summed E-state index contributed by atoms with van der Waals surface area (Å²) >= 11 is 0. The number of nitrogen functional groups attached to an aromatic ring is 1. The number of aromatic nitrogens is 2. The van der Waals surface area contributed by atoms with Crippen LogP contribution < -0.4 is 15.2 Å². The number of sulfonamides is 1. The molecule has 19 heavy (non-hydrogen) atoms. The van der Waals surface area contributed by atoms with Crippen molar-refractivity contribution < 1.29 is 13.2 Å². The van der Waals surface area contributed by atoms with Crippen molar-refractivity contribution in [1.29, 1.82) is 0 Å². The van der Waals surface area contributed by atoms with E-state index in [1.807, 2.05) is 0 Å². The molecule has 2 rings (SSSR count). The maximum absolute atomic E-state index is 12.0. The second-order valence-corrected chi connectivity index (χ2v) is 5.57. The van der Waals surface area contributed by atoms with E-state index in [4.69, 9.17) is 10.5 Å². The number of imidazole rings is 1. The lowest BCUT2D eigenvalue weighted by Crippen LogP contribution is -2.14. The Morgan fingerprint density at radius 1 is 1.42 bits per heavy atom. The first-order valence-corrected chi connectivity index (χ1v) is 6.85. The van der Waals surface area contributed by atoms with Gasteiger partial charge in [0.2, 0.25) is 0 Å². The van der Waals surface area contributed by atoms with Gasteiger partial charge >= 0.3 is 0 Å². The molecule has 1 aromatic heterocycles. The van der Waals surface area contributed by atoms with Crippen molar-refractivity contribution in [3.8, 4) is 5.75 Å². The zero-order chi connectivity index (χ0) is 14.0. The Balaban J connectivity index is 2.30. The predicted octanol–water partition coefficient (Wildman–Crippen LogP) is 0.812. The molecule has 7 nitrogen and oxygen atoms in total. The number of methoxy groups -OCH3 is 1. The van der Waals surface area contributed by atoms with E-state index < -0.39 is 10.0 Å². The van der Waals surface area contributed by atoms with E-state index in [0.717, 1.165) is 0 Å².